The third-order valence-corrected chi connectivity index (χ3v) is 7.79. The number of halogens is 1. The number of fused-ring (bicyclic) bond motifs is 2. The molecule has 1 aliphatic rings. The van der Waals surface area contributed by atoms with Crippen molar-refractivity contribution in [2.24, 2.45) is 0 Å². The number of nitrogen functional groups attached to an aromatic ring is 1. The van der Waals surface area contributed by atoms with Gasteiger partial charge in [-0.05, 0) is 54.6 Å². The number of hydrogen-bond donors (Lipinski definition) is 3. The van der Waals surface area contributed by atoms with Gasteiger partial charge >= 0.3 is 6.03 Å². The van der Waals surface area contributed by atoms with E-state index in [-0.39, 0.29) is 11.8 Å². The number of nitrogens with zero attached hydrogens (tertiary/aromatic N) is 6. The van der Waals surface area contributed by atoms with Gasteiger partial charge in [0.1, 0.15) is 11.5 Å². The molecule has 1 aliphatic heterocycles. The van der Waals surface area contributed by atoms with Gasteiger partial charge in [-0.3, -0.25) is 14.8 Å². The van der Waals surface area contributed by atoms with E-state index in [1.54, 1.807) is 29.3 Å². The molecule has 10 nitrogen and oxygen atoms in total. The number of pyridine rings is 2. The number of benzene rings is 2. The third kappa shape index (κ3) is 4.59. The number of nitrogens with two attached hydrogens (primary N) is 1. The average Bonchev–Trinajstić information content (AvgIpc) is 3.57. The number of nitrogens with one attached hydrogen (secondary N) is 2. The van der Waals surface area contributed by atoms with Gasteiger partial charge in [-0.2, -0.15) is 5.10 Å². The molecule has 0 saturated carbocycles. The predicted molar refractivity (Wildman–Crippen MR) is 162 cm³/mol. The van der Waals surface area contributed by atoms with Gasteiger partial charge in [0.25, 0.3) is 0 Å². The van der Waals surface area contributed by atoms with Gasteiger partial charge in [-0.15, -0.1) is 0 Å². The molecule has 0 spiro atoms. The summed E-state index contributed by atoms with van der Waals surface area (Å²) in [5, 5.41) is 12.2. The molecule has 5 heterocycles. The van der Waals surface area contributed by atoms with Crippen molar-refractivity contribution >= 4 is 33.7 Å². The zero-order valence-electron chi connectivity index (χ0n) is 22.9. The first-order valence-electron chi connectivity index (χ1n) is 13.6. The largest absolute Gasteiger partial charge is 0.339 e. The summed E-state index contributed by atoms with van der Waals surface area (Å²) >= 11 is 0. The molecule has 2 amide bonds. The van der Waals surface area contributed by atoms with E-state index in [9.17, 15) is 9.18 Å². The fourth-order valence-electron chi connectivity index (χ4n) is 5.48. The number of piperazine rings is 1. The van der Waals surface area contributed by atoms with Gasteiger partial charge in [0, 0.05) is 60.5 Å². The Kier molecular flexibility index (Phi) is 6.28. The van der Waals surface area contributed by atoms with Gasteiger partial charge in [0.2, 0.25) is 0 Å². The Hall–Kier alpha value is -5.29. The van der Waals surface area contributed by atoms with E-state index in [0.717, 1.165) is 51.6 Å². The first kappa shape index (κ1) is 25.7. The van der Waals surface area contributed by atoms with Crippen molar-refractivity contribution in [3.63, 3.8) is 0 Å². The lowest BCUT2D eigenvalue weighted by Crippen LogP contribution is -2.48. The molecule has 1 saturated heterocycles. The Labute approximate surface area is 240 Å². The summed E-state index contributed by atoms with van der Waals surface area (Å²) in [5.74, 6) is 6.29. The number of rotatable bonds is 4. The molecule has 0 atom stereocenters. The Morgan fingerprint density at radius 1 is 0.929 bits per heavy atom. The minimum Gasteiger partial charge on any atom is -0.339 e. The van der Waals surface area contributed by atoms with E-state index < -0.39 is 0 Å². The molecule has 4 aromatic heterocycles. The van der Waals surface area contributed by atoms with Crippen LogP contribution in [0.5, 0.6) is 0 Å². The molecule has 2 aromatic carbocycles. The molecule has 4 N–H and O–H groups in total. The molecule has 0 aliphatic carbocycles. The summed E-state index contributed by atoms with van der Waals surface area (Å²) in [6, 6.07) is 18.0. The minimum atomic E-state index is -0.300. The Balaban J connectivity index is 1.23. The van der Waals surface area contributed by atoms with E-state index in [0.29, 0.717) is 35.8 Å². The normalized spacial score (nSPS) is 14.1. The molecular weight excluding hydrogens is 533 g/mol. The first-order chi connectivity index (χ1) is 20.4. The fraction of sp³-hybridized carbons (Fsp3) is 0.161. The molecule has 7 rings (SSSR count). The van der Waals surface area contributed by atoms with Crippen LogP contribution in [0.25, 0.3) is 55.6 Å². The molecule has 210 valence electrons. The number of aromatic amines is 1. The summed E-state index contributed by atoms with van der Waals surface area (Å²) < 4.78 is 15.6. The number of urea groups is 1. The highest BCUT2D eigenvalue weighted by molar-refractivity contribution is 6.02. The lowest BCUT2D eigenvalue weighted by molar-refractivity contribution is 0.164. The second kappa shape index (κ2) is 10.3. The van der Waals surface area contributed by atoms with Gasteiger partial charge in [-0.25, -0.2) is 14.2 Å². The maximum absolute atomic E-state index is 14.0. The van der Waals surface area contributed by atoms with Crippen LogP contribution in [0.4, 0.5) is 14.9 Å². The van der Waals surface area contributed by atoms with Crippen LogP contribution in [0.3, 0.4) is 0 Å². The summed E-state index contributed by atoms with van der Waals surface area (Å²) in [6.45, 7) is 3.05. The highest BCUT2D eigenvalue weighted by Gasteiger charge is 2.20. The number of likely N-dealkylation sites (N-methyl/N-ethyl adjacent to an activating group) is 1. The SMILES string of the molecule is CN1CCN(C(=O)Nc2cncc(-c3cnc4[nH]nc(-c5cc6c(-c7cccc(F)c7)cccc6n5N)c4c3)c2)CC1. The maximum Gasteiger partial charge on any atom is 0.321 e. The van der Waals surface area contributed by atoms with Gasteiger partial charge in [-0.1, -0.05) is 24.3 Å². The van der Waals surface area contributed by atoms with E-state index in [4.69, 9.17) is 5.84 Å². The van der Waals surface area contributed by atoms with Gasteiger partial charge < -0.3 is 21.0 Å². The molecule has 0 bridgehead atoms. The molecule has 11 heteroatoms. The summed E-state index contributed by atoms with van der Waals surface area (Å²) in [5.41, 5.74) is 6.58. The van der Waals surface area contributed by atoms with Crippen molar-refractivity contribution in [1.82, 2.24) is 34.6 Å². The highest BCUT2D eigenvalue weighted by atomic mass is 19.1. The Morgan fingerprint density at radius 3 is 2.57 bits per heavy atom. The number of aromatic nitrogens is 5. The third-order valence-electron chi connectivity index (χ3n) is 7.79. The van der Waals surface area contributed by atoms with Crippen LogP contribution in [0.2, 0.25) is 0 Å². The zero-order valence-corrected chi connectivity index (χ0v) is 22.9. The number of anilines is 1. The Bertz CT molecular complexity index is 1960. The summed E-state index contributed by atoms with van der Waals surface area (Å²) in [7, 11) is 2.05. The molecule has 1 fully saturated rings. The van der Waals surface area contributed by atoms with Crippen LogP contribution in [-0.4, -0.2) is 73.9 Å². The second-order valence-electron chi connectivity index (χ2n) is 10.5. The molecule has 42 heavy (non-hydrogen) atoms. The quantitative estimate of drug-likeness (QED) is 0.262. The number of H-pyrrole nitrogens is 1. The van der Waals surface area contributed by atoms with Crippen LogP contribution in [0.15, 0.2) is 79.3 Å². The van der Waals surface area contributed by atoms with E-state index >= 15 is 0 Å². The smallest absolute Gasteiger partial charge is 0.321 e. The van der Waals surface area contributed by atoms with Gasteiger partial charge in [0.05, 0.1) is 23.1 Å². The summed E-state index contributed by atoms with van der Waals surface area (Å²) in [6.07, 6.45) is 5.11. The van der Waals surface area contributed by atoms with E-state index in [1.807, 2.05) is 47.4 Å². The van der Waals surface area contributed by atoms with Crippen molar-refractivity contribution in [3.8, 4) is 33.6 Å². The second-order valence-corrected chi connectivity index (χ2v) is 10.5. The van der Waals surface area contributed by atoms with Crippen molar-refractivity contribution < 1.29 is 9.18 Å². The minimum absolute atomic E-state index is 0.138. The molecule has 6 aromatic rings. The van der Waals surface area contributed by atoms with E-state index in [2.05, 4.69) is 37.4 Å². The number of carbonyl (C=O) groups excluding carboxylic acids is 1. The maximum atomic E-state index is 14.0. The standard InChI is InChI=1S/C31H28FN9O/c1-39-8-10-40(11-9-39)31(42)36-23-13-20(16-34-18-23)21-14-26-29(37-38-30(26)35-17-21)28-15-25-24(6-3-7-27(25)41(28)33)19-4-2-5-22(32)12-19/h2-7,12-18H,8-11,33H2,1H3,(H,36,42)(H,35,37,38). The van der Waals surface area contributed by atoms with Crippen molar-refractivity contribution in [2.45, 2.75) is 0 Å². The van der Waals surface area contributed by atoms with Crippen molar-refractivity contribution in [2.75, 3.05) is 44.4 Å². The van der Waals surface area contributed by atoms with E-state index in [1.165, 1.54) is 12.1 Å². The number of hydrogen-bond acceptors (Lipinski definition) is 6. The average molecular weight is 562 g/mol. The molecule has 0 radical (unpaired) electrons. The monoisotopic (exact) mass is 561 g/mol. The first-order valence-corrected chi connectivity index (χ1v) is 13.6. The zero-order chi connectivity index (χ0) is 28.8. The summed E-state index contributed by atoms with van der Waals surface area (Å²) in [4.78, 5) is 25.8. The van der Waals surface area contributed by atoms with Crippen LogP contribution in [0, 0.1) is 5.82 Å². The van der Waals surface area contributed by atoms with Crippen LogP contribution in [0.1, 0.15) is 0 Å². The lowest BCUT2D eigenvalue weighted by atomic mass is 10.0. The highest BCUT2D eigenvalue weighted by Crippen LogP contribution is 2.36. The predicted octanol–water partition coefficient (Wildman–Crippen LogP) is 4.94. The topological polar surface area (TPSA) is 121 Å². The Morgan fingerprint density at radius 2 is 1.74 bits per heavy atom. The molecule has 0 unspecified atom stereocenters. The number of carbonyl (C=O) groups is 1. The number of amides is 2. The van der Waals surface area contributed by atoms with Crippen LogP contribution in [-0.2, 0) is 0 Å². The fourth-order valence-corrected chi connectivity index (χ4v) is 5.48. The van der Waals surface area contributed by atoms with Crippen LogP contribution >= 0.6 is 0 Å². The van der Waals surface area contributed by atoms with Crippen molar-refractivity contribution in [3.05, 3.63) is 85.1 Å². The van der Waals surface area contributed by atoms with Crippen LogP contribution < -0.4 is 11.2 Å². The van der Waals surface area contributed by atoms with Gasteiger partial charge in [0.15, 0.2) is 5.65 Å². The van der Waals surface area contributed by atoms with Crippen molar-refractivity contribution in [1.29, 1.82) is 0 Å². The lowest BCUT2D eigenvalue weighted by Gasteiger charge is -2.32. The molecular formula is C31H28FN9O.